The van der Waals surface area contributed by atoms with Crippen molar-refractivity contribution in [2.75, 3.05) is 5.32 Å². The molecule has 0 atom stereocenters. The third-order valence-corrected chi connectivity index (χ3v) is 8.97. The third kappa shape index (κ3) is 4.27. The van der Waals surface area contributed by atoms with Crippen LogP contribution in [0.5, 0.6) is 5.88 Å². The van der Waals surface area contributed by atoms with Gasteiger partial charge in [-0.1, -0.05) is 18.2 Å². The summed E-state index contributed by atoms with van der Waals surface area (Å²) < 4.78 is 1.04. The van der Waals surface area contributed by atoms with Gasteiger partial charge < -0.3 is 10.4 Å². The molecule has 4 saturated carbocycles. The number of hydrogen-bond donors (Lipinski definition) is 3. The highest BCUT2D eigenvalue weighted by Crippen LogP contribution is 2.60. The molecule has 196 valence electrons. The Balaban J connectivity index is 1.26. The van der Waals surface area contributed by atoms with Gasteiger partial charge in [-0.3, -0.25) is 9.78 Å². The van der Waals surface area contributed by atoms with Crippen LogP contribution in [0.4, 0.5) is 10.5 Å². The maximum atomic E-state index is 12.7. The van der Waals surface area contributed by atoms with Gasteiger partial charge in [-0.05, 0) is 116 Å². The summed E-state index contributed by atoms with van der Waals surface area (Å²) in [5.41, 5.74) is 2.77. The first-order chi connectivity index (χ1) is 18.2. The van der Waals surface area contributed by atoms with E-state index in [4.69, 9.17) is 0 Å². The number of aromatic amines is 1. The number of urea groups is 1. The Hall–Kier alpha value is -3.94. The Morgan fingerprint density at radius 3 is 2.24 bits per heavy atom. The molecule has 0 radical (unpaired) electrons. The molecule has 38 heavy (non-hydrogen) atoms. The van der Waals surface area contributed by atoms with Crippen LogP contribution in [0.2, 0.25) is 0 Å². The van der Waals surface area contributed by atoms with Crippen LogP contribution >= 0.6 is 0 Å². The van der Waals surface area contributed by atoms with E-state index in [1.807, 2.05) is 38.1 Å². The zero-order valence-corrected chi connectivity index (χ0v) is 21.7. The molecule has 0 aliphatic heterocycles. The van der Waals surface area contributed by atoms with Gasteiger partial charge in [0, 0.05) is 5.69 Å². The molecule has 2 amide bonds. The molecule has 7 rings (SSSR count). The van der Waals surface area contributed by atoms with Gasteiger partial charge in [-0.15, -0.1) is 0 Å². The molecule has 8 nitrogen and oxygen atoms in total. The molecular formula is C30H32N4O4. The molecule has 4 aliphatic carbocycles. The standard InChI is InChI=1S/C30H32N4O4/c1-17-3-6-23(9-18(17)2)32-28(37)31-16-25-26(35)33-29(38)34(27(25)36)24-7-4-22(5-8-24)30-13-19-10-20(14-30)12-21(11-19)15-30/h3-9,16,19-21,36H,10-15H2,1-2H3,(H,32,37)(H,33,35,38). The van der Waals surface area contributed by atoms with E-state index in [-0.39, 0.29) is 11.0 Å². The number of benzene rings is 2. The monoisotopic (exact) mass is 512 g/mol. The molecule has 4 aliphatic rings. The van der Waals surface area contributed by atoms with E-state index in [0.29, 0.717) is 11.4 Å². The van der Waals surface area contributed by atoms with Gasteiger partial charge >= 0.3 is 11.7 Å². The smallest absolute Gasteiger partial charge is 0.345 e. The number of nitrogens with one attached hydrogen (secondary N) is 2. The Bertz CT molecular complexity index is 1530. The van der Waals surface area contributed by atoms with E-state index in [1.165, 1.54) is 44.1 Å². The van der Waals surface area contributed by atoms with Crippen LogP contribution in [0.3, 0.4) is 0 Å². The van der Waals surface area contributed by atoms with E-state index >= 15 is 0 Å². The highest BCUT2D eigenvalue weighted by Gasteiger charge is 2.51. The topological polar surface area (TPSA) is 117 Å². The predicted molar refractivity (Wildman–Crippen MR) is 147 cm³/mol. The largest absolute Gasteiger partial charge is 0.493 e. The minimum atomic E-state index is -0.823. The molecule has 1 heterocycles. The number of carbonyl (C=O) groups excluding carboxylic acids is 1. The summed E-state index contributed by atoms with van der Waals surface area (Å²) >= 11 is 0. The molecule has 4 fully saturated rings. The summed E-state index contributed by atoms with van der Waals surface area (Å²) in [5.74, 6) is 1.90. The highest BCUT2D eigenvalue weighted by atomic mass is 16.3. The van der Waals surface area contributed by atoms with Crippen LogP contribution in [-0.4, -0.2) is 26.9 Å². The number of aryl methyl sites for hydroxylation is 2. The lowest BCUT2D eigenvalue weighted by molar-refractivity contribution is -0.00518. The van der Waals surface area contributed by atoms with Crippen molar-refractivity contribution in [1.82, 2.24) is 9.55 Å². The first kappa shape index (κ1) is 24.4. The van der Waals surface area contributed by atoms with Crippen molar-refractivity contribution in [3.05, 3.63) is 85.6 Å². The number of aromatic nitrogens is 2. The van der Waals surface area contributed by atoms with Crippen molar-refractivity contribution in [3.8, 4) is 11.6 Å². The molecule has 1 aromatic heterocycles. The van der Waals surface area contributed by atoms with Crippen molar-refractivity contribution >= 4 is 17.9 Å². The van der Waals surface area contributed by atoms with Crippen molar-refractivity contribution in [3.63, 3.8) is 0 Å². The molecule has 0 saturated heterocycles. The number of carbonyl (C=O) groups is 1. The second-order valence-electron chi connectivity index (χ2n) is 11.6. The molecule has 2 aromatic carbocycles. The molecule has 3 N–H and O–H groups in total. The number of aliphatic imine (C=N–C) groups is 1. The molecule has 3 aromatic rings. The maximum Gasteiger partial charge on any atom is 0.345 e. The lowest BCUT2D eigenvalue weighted by Gasteiger charge is -2.57. The average molecular weight is 513 g/mol. The Morgan fingerprint density at radius 1 is 1.00 bits per heavy atom. The quantitative estimate of drug-likeness (QED) is 0.428. The van der Waals surface area contributed by atoms with Crippen molar-refractivity contribution in [2.45, 2.75) is 57.8 Å². The number of rotatable bonds is 4. The van der Waals surface area contributed by atoms with E-state index in [9.17, 15) is 19.5 Å². The summed E-state index contributed by atoms with van der Waals surface area (Å²) in [7, 11) is 0. The average Bonchev–Trinajstić information content (AvgIpc) is 2.85. The highest BCUT2D eigenvalue weighted by molar-refractivity contribution is 5.98. The first-order valence-corrected chi connectivity index (χ1v) is 13.3. The minimum absolute atomic E-state index is 0.215. The number of anilines is 1. The van der Waals surface area contributed by atoms with Gasteiger partial charge in [0.05, 0.1) is 11.9 Å². The van der Waals surface area contributed by atoms with Gasteiger partial charge in [-0.25, -0.2) is 19.1 Å². The lowest BCUT2D eigenvalue weighted by atomic mass is 9.48. The zero-order chi connectivity index (χ0) is 26.6. The fourth-order valence-corrected chi connectivity index (χ4v) is 7.42. The fraction of sp³-hybridized carbons (Fsp3) is 0.400. The minimum Gasteiger partial charge on any atom is -0.493 e. The summed E-state index contributed by atoms with van der Waals surface area (Å²) in [6.45, 7) is 3.91. The molecule has 4 bridgehead atoms. The summed E-state index contributed by atoms with van der Waals surface area (Å²) in [5, 5.41) is 13.5. The Labute approximate surface area is 220 Å². The van der Waals surface area contributed by atoms with E-state index in [2.05, 4.69) is 27.4 Å². The molecular weight excluding hydrogens is 480 g/mol. The summed E-state index contributed by atoms with van der Waals surface area (Å²) in [6.07, 6.45) is 8.76. The lowest BCUT2D eigenvalue weighted by Crippen LogP contribution is -2.48. The molecule has 0 spiro atoms. The number of nitrogens with zero attached hydrogens (tertiary/aromatic N) is 2. The predicted octanol–water partition coefficient (Wildman–Crippen LogP) is 4.97. The van der Waals surface area contributed by atoms with Crippen LogP contribution in [0, 0.1) is 31.6 Å². The van der Waals surface area contributed by atoms with Gasteiger partial charge in [0.2, 0.25) is 5.88 Å². The van der Waals surface area contributed by atoms with Crippen molar-refractivity contribution < 1.29 is 9.90 Å². The van der Waals surface area contributed by atoms with E-state index in [0.717, 1.165) is 39.7 Å². The number of hydrogen-bond acceptors (Lipinski definition) is 4. The second-order valence-corrected chi connectivity index (χ2v) is 11.6. The zero-order valence-electron chi connectivity index (χ0n) is 21.7. The van der Waals surface area contributed by atoms with Crippen LogP contribution in [0.1, 0.15) is 60.8 Å². The van der Waals surface area contributed by atoms with Gasteiger partial charge in [0.1, 0.15) is 5.56 Å². The van der Waals surface area contributed by atoms with Crippen molar-refractivity contribution in [1.29, 1.82) is 0 Å². The second kappa shape index (κ2) is 9.11. The summed E-state index contributed by atoms with van der Waals surface area (Å²) in [4.78, 5) is 43.5. The Kier molecular flexibility index (Phi) is 5.85. The molecule has 0 unspecified atom stereocenters. The normalized spacial score (nSPS) is 25.7. The van der Waals surface area contributed by atoms with E-state index in [1.54, 1.807) is 6.07 Å². The molecule has 8 heteroatoms. The fourth-order valence-electron chi connectivity index (χ4n) is 7.42. The number of amides is 2. The SMILES string of the molecule is Cc1ccc(NC(=O)N=Cc2c(O)n(-c3ccc(C45CC6CC(CC(C6)C4)C5)cc3)c(=O)[nH]c2=O)cc1C. The third-order valence-electron chi connectivity index (χ3n) is 8.97. The van der Waals surface area contributed by atoms with Crippen LogP contribution in [0.15, 0.2) is 57.0 Å². The van der Waals surface area contributed by atoms with Crippen LogP contribution in [-0.2, 0) is 5.41 Å². The van der Waals surface area contributed by atoms with Crippen LogP contribution < -0.4 is 16.6 Å². The van der Waals surface area contributed by atoms with Gasteiger partial charge in [0.15, 0.2) is 0 Å². The van der Waals surface area contributed by atoms with Crippen LogP contribution in [0.25, 0.3) is 5.69 Å². The first-order valence-electron chi connectivity index (χ1n) is 13.3. The van der Waals surface area contributed by atoms with Gasteiger partial charge in [-0.2, -0.15) is 0 Å². The number of H-pyrrole nitrogens is 1. The Morgan fingerprint density at radius 2 is 1.63 bits per heavy atom. The number of aromatic hydroxyl groups is 1. The van der Waals surface area contributed by atoms with Gasteiger partial charge in [0.25, 0.3) is 5.56 Å². The van der Waals surface area contributed by atoms with Crippen molar-refractivity contribution in [2.24, 2.45) is 22.7 Å². The van der Waals surface area contributed by atoms with E-state index < -0.39 is 23.2 Å². The summed E-state index contributed by atoms with van der Waals surface area (Å²) in [6, 6.07) is 12.5. The maximum absolute atomic E-state index is 12.7.